The number of hydrogen-bond donors (Lipinski definition) is 20. The van der Waals surface area contributed by atoms with Gasteiger partial charge in [0.25, 0.3) is 29.5 Å². The van der Waals surface area contributed by atoms with Crippen molar-refractivity contribution in [1.82, 2.24) is 49.8 Å². The highest BCUT2D eigenvalue weighted by atomic mass is 16.3. The first-order valence-corrected chi connectivity index (χ1v) is 35.1. The zero-order valence-corrected chi connectivity index (χ0v) is 65.8. The highest BCUT2D eigenvalue weighted by molar-refractivity contribution is 5.94. The number of amides is 5. The molecule has 5 amide bonds. The molecule has 0 bridgehead atoms. The first-order valence-electron chi connectivity index (χ1n) is 58.6. The number of aromatic amines is 5. The van der Waals surface area contributed by atoms with E-state index in [1.807, 2.05) is 20.8 Å². The second-order valence-corrected chi connectivity index (χ2v) is 30.8. The zero-order chi connectivity index (χ0) is 127. The van der Waals surface area contributed by atoms with E-state index in [0.29, 0.717) is 0 Å². The highest BCUT2D eigenvalue weighted by Crippen LogP contribution is 2.31. The van der Waals surface area contributed by atoms with Crippen LogP contribution in [0.2, 0.25) is 0 Å². The maximum absolute atomic E-state index is 12.0. The van der Waals surface area contributed by atoms with Crippen molar-refractivity contribution in [2.24, 2.45) is 83.2 Å². The number of primary amides is 5. The molecule has 0 spiro atoms. The smallest absolute Gasteiger partial charge is 0.254 e. The molecule has 5 fully saturated rings. The van der Waals surface area contributed by atoms with Gasteiger partial charge in [-0.25, -0.2) is 24.9 Å². The van der Waals surface area contributed by atoms with Gasteiger partial charge in [0, 0.05) is 108 Å². The summed E-state index contributed by atoms with van der Waals surface area (Å²) < 4.78 is 375. The molecule has 0 aromatic carbocycles. The number of aromatic nitrogens is 10. The number of aliphatic hydroxyl groups is 5. The van der Waals surface area contributed by atoms with Gasteiger partial charge in [-0.05, 0) is 229 Å². The molecule has 25 N–H and O–H groups in total. The van der Waals surface area contributed by atoms with E-state index in [2.05, 4.69) is 101 Å². The minimum Gasteiger partial charge on any atom is -0.393 e. The van der Waals surface area contributed by atoms with Crippen molar-refractivity contribution in [3.63, 3.8) is 0 Å². The molecule has 115 heavy (non-hydrogen) atoms. The van der Waals surface area contributed by atoms with E-state index >= 15 is 0 Å². The van der Waals surface area contributed by atoms with Gasteiger partial charge in [0.1, 0.15) is 27.4 Å². The number of hydrogen-bond acceptors (Lipinski definition) is 25. The third kappa shape index (κ3) is 31.9. The summed E-state index contributed by atoms with van der Waals surface area (Å²) in [6.45, 7) is 10.4. The van der Waals surface area contributed by atoms with Gasteiger partial charge in [-0.2, -0.15) is 0 Å². The van der Waals surface area contributed by atoms with E-state index in [4.69, 9.17) is 93.1 Å². The lowest BCUT2D eigenvalue weighted by atomic mass is 9.85. The third-order valence-corrected chi connectivity index (χ3v) is 14.3. The molecular formula is C80H135N25O10. The molecular weight excluding hydrogens is 1470 g/mol. The Hall–Kier alpha value is -9.45. The molecule has 5 aromatic rings. The predicted molar refractivity (Wildman–Crippen MR) is 444 cm³/mol. The van der Waals surface area contributed by atoms with Gasteiger partial charge in [-0.1, -0.05) is 34.3 Å². The molecule has 35 heteroatoms. The molecule has 5 aliphatic rings. The van der Waals surface area contributed by atoms with Crippen molar-refractivity contribution in [2.75, 3.05) is 26.6 Å². The van der Waals surface area contributed by atoms with Crippen molar-refractivity contribution in [3.8, 4) is 0 Å². The second kappa shape index (κ2) is 40.9. The van der Waals surface area contributed by atoms with Crippen LogP contribution in [-0.4, -0.2) is 193 Å². The molecule has 0 radical (unpaired) electrons. The van der Waals surface area contributed by atoms with Crippen LogP contribution in [0.5, 0.6) is 0 Å². The lowest BCUT2D eigenvalue weighted by Crippen LogP contribution is -2.34. The maximum atomic E-state index is 12.0. The number of nitrogens with one attached hydrogen (secondary N) is 10. The largest absolute Gasteiger partial charge is 0.393 e. The summed E-state index contributed by atoms with van der Waals surface area (Å²) in [6.07, 6.45) is -55.3. The van der Waals surface area contributed by atoms with Crippen molar-refractivity contribution in [2.45, 2.75) is 322 Å². The van der Waals surface area contributed by atoms with Crippen LogP contribution in [0.25, 0.3) is 0 Å². The van der Waals surface area contributed by atoms with Crippen LogP contribution >= 0.6 is 0 Å². The van der Waals surface area contributed by atoms with Crippen LogP contribution in [0.4, 0.5) is 29.7 Å². The monoisotopic (exact) mass is 1650 g/mol. The van der Waals surface area contributed by atoms with Gasteiger partial charge in [-0.15, -0.1) is 0 Å². The Morgan fingerprint density at radius 3 is 1.03 bits per heavy atom. The van der Waals surface area contributed by atoms with E-state index < -0.39 is 353 Å². The Labute approximate surface area is 740 Å². The third-order valence-electron chi connectivity index (χ3n) is 14.3. The predicted octanol–water partition coefficient (Wildman–Crippen LogP) is 5.85. The summed E-state index contributed by atoms with van der Waals surface area (Å²) in [5, 5.41) is 67.4. The van der Waals surface area contributed by atoms with Crippen LogP contribution in [0, 0.1) is 29.6 Å². The maximum Gasteiger partial charge on any atom is 0.254 e. The topological polar surface area (TPSA) is 582 Å². The van der Waals surface area contributed by atoms with Gasteiger partial charge in [0.05, 0.1) is 103 Å². The van der Waals surface area contributed by atoms with Gasteiger partial charge < -0.3 is 106 Å². The number of carbonyl (C=O) groups excluding carboxylic acids is 5. The number of anilines is 5. The fourth-order valence-electron chi connectivity index (χ4n) is 9.42. The van der Waals surface area contributed by atoms with Crippen LogP contribution in [0.3, 0.4) is 0 Å². The first kappa shape index (κ1) is 46.5. The number of nitrogens with zero attached hydrogens (tertiary/aromatic N) is 10. The van der Waals surface area contributed by atoms with Gasteiger partial charge >= 0.3 is 0 Å². The SMILES string of the molecule is [2H]c1nc(NC(C)(C)C)[nH]c(=NC2([2H])C([2H])([2H])C([2H])([2H])C([2H])(C([2H])([2H])[2H])C([2H])(O)C2([2H])[2H])c1C(N)=O.[2H]c1nc(NC(C)(C)C)[nH]c(=NC2C([2H])([2H])CC(C([2H])([2H])[2H])C([2H])(O)C2([2H])[2H])c1C(N)=O.[2H]c1nc(NC(C)(C)C)[nH]c(=NC2CC([2H])(O)C(C([2H])([2H])[2H])C([2H])([2H])C2([2H])[2H])c1C(N)=O.[2H]c1nc(NC(C)(C)C)[nH]c(=NC2CC([2H])([2H])C(C([2H])([2H])[2H])C([2H])(O)C2([2H])[2H])c1C(N)=O.[2H]c1nc(NC(C)(C)C)[nH]c(=NC2CC([2H])([2H])C(C([2H])([2H])[2H])C([2H])(O)C2)c1C(N)=O. The molecule has 640 valence electrons. The average Bonchev–Trinajstić information content (AvgIpc) is 0.646. The molecule has 5 aromatic heterocycles. The number of rotatable bonds is 15. The van der Waals surface area contributed by atoms with Crippen molar-refractivity contribution >= 4 is 59.3 Å². The molecule has 0 aliphatic heterocycles. The number of H-pyrrole nitrogens is 5. The summed E-state index contributed by atoms with van der Waals surface area (Å²) in [4.78, 5) is 112. The van der Waals surface area contributed by atoms with E-state index in [1.165, 1.54) is 0 Å². The number of nitrogens with two attached hydrogens (primary N) is 5. The fourth-order valence-corrected chi connectivity index (χ4v) is 9.42. The van der Waals surface area contributed by atoms with Crippen LogP contribution in [-0.2, 0) is 0 Å². The molecule has 15 atom stereocenters. The molecule has 0 saturated heterocycles. The van der Waals surface area contributed by atoms with Crippen LogP contribution in [0.15, 0.2) is 55.8 Å². The van der Waals surface area contributed by atoms with Crippen molar-refractivity contribution in [3.05, 3.63) is 86.1 Å². The number of carbonyl (C=O) groups is 5. The second-order valence-electron chi connectivity index (χ2n) is 30.8. The summed E-state index contributed by atoms with van der Waals surface area (Å²) in [7, 11) is 0. The molecule has 5 heterocycles. The minimum atomic E-state index is -4.29. The molecule has 35 nitrogen and oxygen atoms in total. The lowest BCUT2D eigenvalue weighted by molar-refractivity contribution is 0.0702. The van der Waals surface area contributed by atoms with Gasteiger partial charge in [0.15, 0.2) is 0 Å². The Kier molecular flexibility index (Phi) is 16.5. The van der Waals surface area contributed by atoms with E-state index in [0.717, 1.165) is 0 Å². The van der Waals surface area contributed by atoms with Crippen molar-refractivity contribution < 1.29 is 114 Å². The molecule has 5 aliphatic carbocycles. The molecule has 5 saturated carbocycles. The summed E-state index contributed by atoms with van der Waals surface area (Å²) in [5.41, 5.74) is 18.7. The summed E-state index contributed by atoms with van der Waals surface area (Å²) in [6, 6.07) is -10.7. The summed E-state index contributed by atoms with van der Waals surface area (Å²) in [5.74, 6) is -18.7. The Bertz CT molecular complexity index is 6550. The molecule has 15 unspecified atom stereocenters. The van der Waals surface area contributed by atoms with Gasteiger partial charge in [0.2, 0.25) is 29.7 Å². The van der Waals surface area contributed by atoms with Gasteiger partial charge in [-0.3, -0.25) is 48.9 Å². The Balaban J connectivity index is 0.000000308. The van der Waals surface area contributed by atoms with Crippen LogP contribution in [0.1, 0.15) is 350 Å². The quantitative estimate of drug-likeness (QED) is 0.0584. The van der Waals surface area contributed by atoms with E-state index in [-0.39, 0.29) is 40.8 Å². The van der Waals surface area contributed by atoms with Crippen molar-refractivity contribution in [1.29, 1.82) is 0 Å². The summed E-state index contributed by atoms with van der Waals surface area (Å²) >= 11 is 0. The average molecular weight is 1650 g/mol. The first-order chi connectivity index (χ1) is 71.3. The van der Waals surface area contributed by atoms with E-state index in [1.54, 1.807) is 83.1 Å². The fraction of sp³-hybridized carbons (Fsp3) is 0.688. The minimum absolute atomic E-state index is 0.00728. The zero-order valence-electron chi connectivity index (χ0n) is 113. The van der Waals surface area contributed by atoms with E-state index in [9.17, 15) is 49.5 Å². The Morgan fingerprint density at radius 1 is 0.374 bits per heavy atom. The standard InChI is InChI=1S/5C16H27N5O2/c5*1-9-5-6-10(7-12(9)22)19-14-11(13(17)23)8-18-15(20-14)21-16(2,3)4/h5*8-10,12,22H,5-7H2,1-4H3,(H2,17,23)(H2,18,19,20,21)/i1D3,5D2,6D2,7D2,8D,9D,10D,12D;1D3,6D2,7D2,8D,12D;1D3,5D2,7D2,8D,12D;1D3,5D2,6D2,8D,12D;1D3,5D2,8D,12D. The molecule has 10 rings (SSSR count). The normalized spacial score (nSPS) is 41.5. The van der Waals surface area contributed by atoms with Crippen LogP contribution < -0.4 is 82.7 Å². The Morgan fingerprint density at radius 2 is 0.678 bits per heavy atom. The lowest BCUT2D eigenvalue weighted by Gasteiger charge is -2.28. The highest BCUT2D eigenvalue weighted by Gasteiger charge is 2.32.